The lowest BCUT2D eigenvalue weighted by molar-refractivity contribution is 0.0940. The molecule has 1 aromatic carbocycles. The largest absolute Gasteiger partial charge is 0.307 e. The van der Waals surface area contributed by atoms with Crippen molar-refractivity contribution in [3.63, 3.8) is 0 Å². The standard InChI is InChI=1S/C13H15Cl2NO/c14-10-6-5-9(8-11(10)15)13(17)12-4-2-1-3-7-16-12/h5-6,8,12,16H,1-4,7H2. The third-order valence-corrected chi connectivity index (χ3v) is 3.82. The lowest BCUT2D eigenvalue weighted by Crippen LogP contribution is -2.36. The van der Waals surface area contributed by atoms with Crippen LogP contribution in [-0.4, -0.2) is 18.4 Å². The van der Waals surface area contributed by atoms with Crippen LogP contribution in [0.2, 0.25) is 10.0 Å². The van der Waals surface area contributed by atoms with Gasteiger partial charge >= 0.3 is 0 Å². The summed E-state index contributed by atoms with van der Waals surface area (Å²) in [6.45, 7) is 0.914. The Kier molecular flexibility index (Phi) is 4.43. The minimum Gasteiger partial charge on any atom is -0.307 e. The average Bonchev–Trinajstić information content (AvgIpc) is 2.60. The van der Waals surface area contributed by atoms with Crippen molar-refractivity contribution in [2.24, 2.45) is 0 Å². The molecule has 1 aliphatic heterocycles. The van der Waals surface area contributed by atoms with Crippen molar-refractivity contribution >= 4 is 29.0 Å². The topological polar surface area (TPSA) is 29.1 Å². The number of nitrogens with one attached hydrogen (secondary N) is 1. The van der Waals surface area contributed by atoms with Gasteiger partial charge in [0.25, 0.3) is 0 Å². The Morgan fingerprint density at radius 3 is 2.76 bits per heavy atom. The van der Waals surface area contributed by atoms with Gasteiger partial charge in [0, 0.05) is 5.56 Å². The Bertz CT molecular complexity index is 412. The molecule has 1 fully saturated rings. The first-order chi connectivity index (χ1) is 8.18. The van der Waals surface area contributed by atoms with Gasteiger partial charge in [-0.15, -0.1) is 0 Å². The lowest BCUT2D eigenvalue weighted by Gasteiger charge is -2.14. The monoisotopic (exact) mass is 271 g/mol. The normalized spacial score (nSPS) is 20.9. The molecule has 4 heteroatoms. The Balaban J connectivity index is 2.14. The molecule has 0 spiro atoms. The molecule has 0 amide bonds. The second-order valence-electron chi connectivity index (χ2n) is 4.35. The number of Topliss-reactive ketones (excluding diaryl/α,β-unsaturated/α-hetero) is 1. The van der Waals surface area contributed by atoms with Crippen LogP contribution in [0.4, 0.5) is 0 Å². The fourth-order valence-corrected chi connectivity index (χ4v) is 2.40. The molecule has 17 heavy (non-hydrogen) atoms. The van der Waals surface area contributed by atoms with E-state index in [0.717, 1.165) is 25.8 Å². The van der Waals surface area contributed by atoms with Crippen LogP contribution in [0, 0.1) is 0 Å². The van der Waals surface area contributed by atoms with Crippen LogP contribution in [0.15, 0.2) is 18.2 Å². The smallest absolute Gasteiger partial charge is 0.179 e. The number of halogens is 2. The summed E-state index contributed by atoms with van der Waals surface area (Å²) in [4.78, 5) is 12.3. The van der Waals surface area contributed by atoms with Gasteiger partial charge in [0.05, 0.1) is 16.1 Å². The van der Waals surface area contributed by atoms with Crippen molar-refractivity contribution < 1.29 is 4.79 Å². The minimum atomic E-state index is -0.0743. The summed E-state index contributed by atoms with van der Waals surface area (Å²) in [5.74, 6) is 0.116. The molecule has 1 atom stereocenters. The summed E-state index contributed by atoms with van der Waals surface area (Å²) >= 11 is 11.8. The number of benzene rings is 1. The molecule has 2 nitrogen and oxygen atoms in total. The van der Waals surface area contributed by atoms with Gasteiger partial charge in [-0.25, -0.2) is 0 Å². The molecule has 1 saturated heterocycles. The first kappa shape index (κ1) is 12.9. The highest BCUT2D eigenvalue weighted by Crippen LogP contribution is 2.24. The van der Waals surface area contributed by atoms with Gasteiger partial charge in [0.1, 0.15) is 0 Å². The van der Waals surface area contributed by atoms with Crippen LogP contribution in [0.3, 0.4) is 0 Å². The maximum Gasteiger partial charge on any atom is 0.179 e. The van der Waals surface area contributed by atoms with Gasteiger partial charge in [-0.05, 0) is 37.6 Å². The molecule has 0 aliphatic carbocycles. The average molecular weight is 272 g/mol. The predicted molar refractivity (Wildman–Crippen MR) is 71.1 cm³/mol. The van der Waals surface area contributed by atoms with E-state index in [2.05, 4.69) is 5.32 Å². The van der Waals surface area contributed by atoms with Crippen molar-refractivity contribution in [2.75, 3.05) is 6.54 Å². The number of hydrogen-bond donors (Lipinski definition) is 1. The molecular formula is C13H15Cl2NO. The summed E-state index contributed by atoms with van der Waals surface area (Å²) in [6.07, 6.45) is 4.34. The van der Waals surface area contributed by atoms with Crippen molar-refractivity contribution in [1.82, 2.24) is 5.32 Å². The van der Waals surface area contributed by atoms with Crippen molar-refractivity contribution in [2.45, 2.75) is 31.7 Å². The zero-order valence-corrected chi connectivity index (χ0v) is 11.0. The van der Waals surface area contributed by atoms with Crippen LogP contribution in [0.25, 0.3) is 0 Å². The molecule has 1 heterocycles. The first-order valence-corrected chi connectivity index (χ1v) is 6.67. The predicted octanol–water partition coefficient (Wildman–Crippen LogP) is 3.71. The number of ketones is 1. The number of carbonyl (C=O) groups is 1. The van der Waals surface area contributed by atoms with Crippen molar-refractivity contribution in [3.8, 4) is 0 Å². The summed E-state index contributed by atoms with van der Waals surface area (Å²) in [5, 5.41) is 4.21. The third-order valence-electron chi connectivity index (χ3n) is 3.08. The molecule has 1 unspecified atom stereocenters. The fourth-order valence-electron chi connectivity index (χ4n) is 2.10. The van der Waals surface area contributed by atoms with Gasteiger partial charge in [-0.3, -0.25) is 4.79 Å². The summed E-state index contributed by atoms with van der Waals surface area (Å²) < 4.78 is 0. The molecule has 2 rings (SSSR count). The van der Waals surface area contributed by atoms with E-state index in [1.807, 2.05) is 0 Å². The van der Waals surface area contributed by atoms with Gasteiger partial charge in [-0.2, -0.15) is 0 Å². The Hall–Kier alpha value is -0.570. The lowest BCUT2D eigenvalue weighted by atomic mass is 10.0. The van der Waals surface area contributed by atoms with E-state index in [1.54, 1.807) is 18.2 Å². The summed E-state index contributed by atoms with van der Waals surface area (Å²) in [7, 11) is 0. The van der Waals surface area contributed by atoms with Gasteiger partial charge in [0.15, 0.2) is 5.78 Å². The Labute approximate surface area is 111 Å². The van der Waals surface area contributed by atoms with Gasteiger partial charge in [-0.1, -0.05) is 36.0 Å². The molecule has 0 aromatic heterocycles. The van der Waals surface area contributed by atoms with E-state index in [4.69, 9.17) is 23.2 Å². The maximum absolute atomic E-state index is 12.3. The van der Waals surface area contributed by atoms with Gasteiger partial charge in [0.2, 0.25) is 0 Å². The van der Waals surface area contributed by atoms with Crippen molar-refractivity contribution in [3.05, 3.63) is 33.8 Å². The maximum atomic E-state index is 12.3. The molecule has 1 aromatic rings. The minimum absolute atomic E-state index is 0.0743. The van der Waals surface area contributed by atoms with E-state index in [1.165, 1.54) is 6.42 Å². The van der Waals surface area contributed by atoms with E-state index >= 15 is 0 Å². The molecular weight excluding hydrogens is 257 g/mol. The van der Waals surface area contributed by atoms with E-state index < -0.39 is 0 Å². The Morgan fingerprint density at radius 2 is 2.00 bits per heavy atom. The SMILES string of the molecule is O=C(c1ccc(Cl)c(Cl)c1)C1CCCCCN1. The second-order valence-corrected chi connectivity index (χ2v) is 5.16. The molecule has 1 N–H and O–H groups in total. The number of rotatable bonds is 2. The number of carbonyl (C=O) groups excluding carboxylic acids is 1. The molecule has 0 bridgehead atoms. The van der Waals surface area contributed by atoms with Crippen molar-refractivity contribution in [1.29, 1.82) is 0 Å². The quantitative estimate of drug-likeness (QED) is 0.831. The van der Waals surface area contributed by atoms with Crippen LogP contribution in [0.5, 0.6) is 0 Å². The Morgan fingerprint density at radius 1 is 1.18 bits per heavy atom. The van der Waals surface area contributed by atoms with E-state index in [-0.39, 0.29) is 11.8 Å². The molecule has 92 valence electrons. The third kappa shape index (κ3) is 3.21. The van der Waals surface area contributed by atoms with Crippen LogP contribution in [0.1, 0.15) is 36.0 Å². The van der Waals surface area contributed by atoms with Crippen LogP contribution < -0.4 is 5.32 Å². The molecule has 0 saturated carbocycles. The van der Waals surface area contributed by atoms with Crippen LogP contribution >= 0.6 is 23.2 Å². The van der Waals surface area contributed by atoms with E-state index in [0.29, 0.717) is 15.6 Å². The highest BCUT2D eigenvalue weighted by atomic mass is 35.5. The van der Waals surface area contributed by atoms with Crippen LogP contribution in [-0.2, 0) is 0 Å². The highest BCUT2D eigenvalue weighted by Gasteiger charge is 2.21. The molecule has 0 radical (unpaired) electrons. The number of hydrogen-bond acceptors (Lipinski definition) is 2. The molecule has 1 aliphatic rings. The van der Waals surface area contributed by atoms with E-state index in [9.17, 15) is 4.79 Å². The second kappa shape index (κ2) is 5.85. The first-order valence-electron chi connectivity index (χ1n) is 5.91. The fraction of sp³-hybridized carbons (Fsp3) is 0.462. The van der Waals surface area contributed by atoms with Gasteiger partial charge < -0.3 is 5.32 Å². The summed E-state index contributed by atoms with van der Waals surface area (Å²) in [6, 6.07) is 4.99. The summed E-state index contributed by atoms with van der Waals surface area (Å²) in [5.41, 5.74) is 0.638. The zero-order valence-electron chi connectivity index (χ0n) is 9.51. The highest BCUT2D eigenvalue weighted by molar-refractivity contribution is 6.42. The zero-order chi connectivity index (χ0) is 12.3.